The van der Waals surface area contributed by atoms with Crippen molar-refractivity contribution >= 4 is 0 Å². The summed E-state index contributed by atoms with van der Waals surface area (Å²) in [6.07, 6.45) is 19.5. The summed E-state index contributed by atoms with van der Waals surface area (Å²) in [5.74, 6) is 2.90. The number of aliphatic hydroxyl groups is 1. The largest absolute Gasteiger partial charge is 0.492 e. The second-order valence-electron chi connectivity index (χ2n) is 13.1. The highest BCUT2D eigenvalue weighted by molar-refractivity contribution is 5.26. The number of aliphatic hydroxyl groups excluding tert-OH is 1. The Morgan fingerprint density at radius 3 is 2.39 bits per heavy atom. The maximum Gasteiger partial charge on any atom is 0.189 e. The maximum atomic E-state index is 10.7. The van der Waals surface area contributed by atoms with E-state index in [4.69, 9.17) is 9.47 Å². The molecular formula is C30H50O3. The molecule has 188 valence electrons. The number of hydrogen-bond donors (Lipinski definition) is 1. The summed E-state index contributed by atoms with van der Waals surface area (Å²) in [6, 6.07) is 0. The molecule has 3 aliphatic rings. The predicted octanol–water partition coefficient (Wildman–Crippen LogP) is 7.81. The Labute approximate surface area is 203 Å². The molecule has 0 heterocycles. The zero-order valence-electron chi connectivity index (χ0n) is 22.4. The van der Waals surface area contributed by atoms with Crippen molar-refractivity contribution in [3.63, 3.8) is 0 Å². The number of hydrogen-bond acceptors (Lipinski definition) is 3. The van der Waals surface area contributed by atoms with E-state index in [1.54, 1.807) is 0 Å². The van der Waals surface area contributed by atoms with E-state index in [-0.39, 0.29) is 23.5 Å². The van der Waals surface area contributed by atoms with Gasteiger partial charge < -0.3 is 14.6 Å². The average Bonchev–Trinajstić information content (AvgIpc) is 3.08. The van der Waals surface area contributed by atoms with Crippen molar-refractivity contribution in [2.24, 2.45) is 34.5 Å². The summed E-state index contributed by atoms with van der Waals surface area (Å²) in [4.78, 5) is 0. The third kappa shape index (κ3) is 6.98. The molecule has 33 heavy (non-hydrogen) atoms. The van der Waals surface area contributed by atoms with Gasteiger partial charge in [-0.3, -0.25) is 0 Å². The molecule has 3 rings (SSSR count). The van der Waals surface area contributed by atoms with Gasteiger partial charge in [0.05, 0.1) is 5.60 Å². The van der Waals surface area contributed by atoms with Crippen LogP contribution in [0.1, 0.15) is 99.8 Å². The van der Waals surface area contributed by atoms with Crippen molar-refractivity contribution in [3.05, 3.63) is 36.1 Å². The van der Waals surface area contributed by atoms with Crippen LogP contribution >= 0.6 is 0 Å². The minimum Gasteiger partial charge on any atom is -0.492 e. The van der Waals surface area contributed by atoms with E-state index in [1.165, 1.54) is 25.7 Å². The molecule has 3 heteroatoms. The van der Waals surface area contributed by atoms with E-state index in [2.05, 4.69) is 78.8 Å². The summed E-state index contributed by atoms with van der Waals surface area (Å²) >= 11 is 0. The molecule has 0 spiro atoms. The van der Waals surface area contributed by atoms with Crippen molar-refractivity contribution in [1.29, 1.82) is 0 Å². The van der Waals surface area contributed by atoms with Gasteiger partial charge in [-0.1, -0.05) is 85.6 Å². The number of fused-ring (bicyclic) bond motifs is 1. The Hall–Kier alpha value is -1.06. The first kappa shape index (κ1) is 26.5. The zero-order valence-corrected chi connectivity index (χ0v) is 22.4. The van der Waals surface area contributed by atoms with Crippen LogP contribution in [0.25, 0.3) is 0 Å². The van der Waals surface area contributed by atoms with Crippen LogP contribution in [0, 0.1) is 34.5 Å². The van der Waals surface area contributed by atoms with Gasteiger partial charge in [-0.15, -0.1) is 0 Å². The summed E-state index contributed by atoms with van der Waals surface area (Å²) in [6.45, 7) is 16.7. The second kappa shape index (κ2) is 10.7. The van der Waals surface area contributed by atoms with Crippen LogP contribution in [0.3, 0.4) is 0 Å². The van der Waals surface area contributed by atoms with E-state index in [0.717, 1.165) is 31.4 Å². The molecule has 1 fully saturated rings. The Bertz CT molecular complexity index is 712. The zero-order chi connectivity index (χ0) is 24.3. The van der Waals surface area contributed by atoms with Crippen molar-refractivity contribution in [3.8, 4) is 0 Å². The molecular weight excluding hydrogens is 408 g/mol. The molecule has 0 radical (unpaired) electrons. The van der Waals surface area contributed by atoms with E-state index in [0.29, 0.717) is 23.2 Å². The van der Waals surface area contributed by atoms with Crippen molar-refractivity contribution in [1.82, 2.24) is 0 Å². The lowest BCUT2D eigenvalue weighted by molar-refractivity contribution is -0.202. The average molecular weight is 459 g/mol. The number of allylic oxidation sites excluding steroid dienone is 5. The van der Waals surface area contributed by atoms with E-state index in [1.807, 2.05) is 0 Å². The number of rotatable bonds is 8. The van der Waals surface area contributed by atoms with Crippen molar-refractivity contribution in [2.45, 2.75) is 112 Å². The Morgan fingerprint density at radius 2 is 1.79 bits per heavy atom. The molecule has 0 bridgehead atoms. The normalized spacial score (nSPS) is 29.2. The SMILES string of the molecule is CCC1(OC(O)COC2=CC=CC3C2C=CCCC3C(CC(C)(C)C)C(C)(C)C)CCCC1. The fourth-order valence-corrected chi connectivity index (χ4v) is 6.49. The summed E-state index contributed by atoms with van der Waals surface area (Å²) in [7, 11) is 0. The van der Waals surface area contributed by atoms with Gasteiger partial charge in [-0.25, -0.2) is 0 Å². The minimum absolute atomic E-state index is 0.160. The molecule has 5 unspecified atom stereocenters. The van der Waals surface area contributed by atoms with Gasteiger partial charge in [0.1, 0.15) is 12.4 Å². The molecule has 0 aromatic rings. The van der Waals surface area contributed by atoms with Crippen molar-refractivity contribution in [2.75, 3.05) is 6.61 Å². The standard InChI is InChI=1S/C30H50O3/c1-8-30(18-11-12-19-30)33-27(31)21-32-26-17-13-16-22-23(14-9-10-15-24(22)26)25(29(5,6)7)20-28(2,3)4/h10,13,15-17,22-25,27,31H,8-9,11-12,14,18-21H2,1-7H3. The van der Waals surface area contributed by atoms with Gasteiger partial charge in [-0.2, -0.15) is 0 Å². The fourth-order valence-electron chi connectivity index (χ4n) is 6.49. The summed E-state index contributed by atoms with van der Waals surface area (Å²) in [5, 5.41) is 10.7. The van der Waals surface area contributed by atoms with Gasteiger partial charge in [0, 0.05) is 5.92 Å². The fraction of sp³-hybridized carbons (Fsp3) is 0.800. The van der Waals surface area contributed by atoms with Crippen LogP contribution in [0.4, 0.5) is 0 Å². The molecule has 3 nitrogen and oxygen atoms in total. The first-order valence-corrected chi connectivity index (χ1v) is 13.5. The van der Waals surface area contributed by atoms with Crippen LogP contribution in [-0.2, 0) is 9.47 Å². The van der Waals surface area contributed by atoms with Crippen LogP contribution in [-0.4, -0.2) is 23.6 Å². The first-order valence-electron chi connectivity index (χ1n) is 13.5. The summed E-state index contributed by atoms with van der Waals surface area (Å²) < 4.78 is 12.4. The van der Waals surface area contributed by atoms with E-state index in [9.17, 15) is 5.11 Å². The molecule has 0 aliphatic heterocycles. The Morgan fingerprint density at radius 1 is 1.09 bits per heavy atom. The van der Waals surface area contributed by atoms with E-state index >= 15 is 0 Å². The quantitative estimate of drug-likeness (QED) is 0.298. The Kier molecular flexibility index (Phi) is 8.60. The lowest BCUT2D eigenvalue weighted by Gasteiger charge is -2.45. The smallest absolute Gasteiger partial charge is 0.189 e. The van der Waals surface area contributed by atoms with Crippen LogP contribution in [0.15, 0.2) is 36.1 Å². The van der Waals surface area contributed by atoms with Gasteiger partial charge in [0.15, 0.2) is 6.29 Å². The van der Waals surface area contributed by atoms with Gasteiger partial charge in [0.25, 0.3) is 0 Å². The van der Waals surface area contributed by atoms with Crippen LogP contribution in [0.5, 0.6) is 0 Å². The third-order valence-electron chi connectivity index (χ3n) is 8.24. The molecule has 3 aliphatic carbocycles. The Balaban J connectivity index is 1.71. The van der Waals surface area contributed by atoms with Gasteiger partial charge in [-0.05, 0) is 73.2 Å². The monoisotopic (exact) mass is 458 g/mol. The topological polar surface area (TPSA) is 38.7 Å². The molecule has 5 atom stereocenters. The lowest BCUT2D eigenvalue weighted by Crippen LogP contribution is -2.38. The highest BCUT2D eigenvalue weighted by atomic mass is 16.6. The van der Waals surface area contributed by atoms with Crippen molar-refractivity contribution < 1.29 is 14.6 Å². The molecule has 1 N–H and O–H groups in total. The lowest BCUT2D eigenvalue weighted by atomic mass is 9.60. The highest BCUT2D eigenvalue weighted by Crippen LogP contribution is 2.49. The molecule has 0 aromatic carbocycles. The number of ether oxygens (including phenoxy) is 2. The minimum atomic E-state index is -0.873. The van der Waals surface area contributed by atoms with Crippen LogP contribution in [0.2, 0.25) is 0 Å². The maximum absolute atomic E-state index is 10.7. The summed E-state index contributed by atoms with van der Waals surface area (Å²) in [5.41, 5.74) is 0.395. The van der Waals surface area contributed by atoms with Gasteiger partial charge in [0.2, 0.25) is 0 Å². The third-order valence-corrected chi connectivity index (χ3v) is 8.24. The molecule has 0 aromatic heterocycles. The van der Waals surface area contributed by atoms with Gasteiger partial charge >= 0.3 is 0 Å². The molecule has 0 amide bonds. The first-order chi connectivity index (χ1) is 15.4. The van der Waals surface area contributed by atoms with E-state index < -0.39 is 6.29 Å². The predicted molar refractivity (Wildman–Crippen MR) is 138 cm³/mol. The molecule has 0 saturated heterocycles. The highest BCUT2D eigenvalue weighted by Gasteiger charge is 2.42. The van der Waals surface area contributed by atoms with Crippen LogP contribution < -0.4 is 0 Å². The second-order valence-corrected chi connectivity index (χ2v) is 13.1. The molecule has 1 saturated carbocycles.